The average Bonchev–Trinajstić information content (AvgIpc) is 3.06. The van der Waals surface area contributed by atoms with Gasteiger partial charge in [-0.1, -0.05) is 43.3 Å². The zero-order chi connectivity index (χ0) is 23.4. The van der Waals surface area contributed by atoms with E-state index >= 15 is 0 Å². The lowest BCUT2D eigenvalue weighted by atomic mass is 10.0. The van der Waals surface area contributed by atoms with E-state index in [-0.39, 0.29) is 18.3 Å². The van der Waals surface area contributed by atoms with E-state index in [4.69, 9.17) is 9.47 Å². The number of hydrogen-bond donors (Lipinski definition) is 0. The van der Waals surface area contributed by atoms with Crippen LogP contribution in [0.1, 0.15) is 37.0 Å². The van der Waals surface area contributed by atoms with Gasteiger partial charge in [-0.15, -0.1) is 0 Å². The third-order valence-corrected chi connectivity index (χ3v) is 6.18. The molecule has 3 aromatic carbocycles. The highest BCUT2D eigenvalue weighted by atomic mass is 127. The van der Waals surface area contributed by atoms with Gasteiger partial charge in [-0.25, -0.2) is 4.39 Å². The molecule has 4 nitrogen and oxygen atoms in total. The summed E-state index contributed by atoms with van der Waals surface area (Å²) in [6.45, 7) is 5.20. The summed E-state index contributed by atoms with van der Waals surface area (Å²) in [5.41, 5.74) is 3.87. The molecule has 1 aliphatic heterocycles. The van der Waals surface area contributed by atoms with Crippen molar-refractivity contribution in [1.29, 1.82) is 0 Å². The first-order valence-corrected chi connectivity index (χ1v) is 12.1. The van der Waals surface area contributed by atoms with Gasteiger partial charge in [0.2, 0.25) is 0 Å². The number of anilines is 1. The number of hydrogen-bond acceptors (Lipinski definition) is 3. The normalized spacial score (nSPS) is 14.0. The maximum atomic E-state index is 14.0. The van der Waals surface area contributed by atoms with Crippen LogP contribution in [0.4, 0.5) is 10.1 Å². The van der Waals surface area contributed by atoms with Crippen molar-refractivity contribution in [2.75, 3.05) is 18.1 Å². The minimum atomic E-state index is -0.304. The third-order valence-electron chi connectivity index (χ3n) is 5.38. The quantitative estimate of drug-likeness (QED) is 0.229. The van der Waals surface area contributed by atoms with E-state index in [1.165, 1.54) is 6.07 Å². The molecule has 3 aromatic rings. The van der Waals surface area contributed by atoms with E-state index < -0.39 is 0 Å². The number of benzene rings is 3. The number of nitrogens with zero attached hydrogens (tertiary/aromatic N) is 1. The fraction of sp³-hybridized carbons (Fsp3) is 0.222. The Labute approximate surface area is 207 Å². The maximum Gasteiger partial charge on any atom is 0.258 e. The monoisotopic (exact) mass is 557 g/mol. The highest BCUT2D eigenvalue weighted by Crippen LogP contribution is 2.40. The summed E-state index contributed by atoms with van der Waals surface area (Å²) in [6.07, 6.45) is 2.79. The minimum absolute atomic E-state index is 0.00546. The highest BCUT2D eigenvalue weighted by molar-refractivity contribution is 14.1. The number of para-hydroxylation sites is 1. The van der Waals surface area contributed by atoms with Crippen LogP contribution in [0.25, 0.3) is 11.6 Å². The van der Waals surface area contributed by atoms with Gasteiger partial charge < -0.3 is 14.4 Å². The number of carbonyl (C=O) groups is 1. The third kappa shape index (κ3) is 4.90. The lowest BCUT2D eigenvalue weighted by molar-refractivity contribution is -0.113. The van der Waals surface area contributed by atoms with Crippen LogP contribution < -0.4 is 14.4 Å². The number of rotatable bonds is 8. The van der Waals surface area contributed by atoms with Crippen LogP contribution in [0, 0.1) is 9.39 Å². The van der Waals surface area contributed by atoms with Gasteiger partial charge in [0.05, 0.1) is 15.9 Å². The van der Waals surface area contributed by atoms with Gasteiger partial charge in [-0.3, -0.25) is 4.79 Å². The van der Waals surface area contributed by atoms with Gasteiger partial charge >= 0.3 is 0 Å². The Morgan fingerprint density at radius 3 is 2.55 bits per heavy atom. The number of halogens is 2. The van der Waals surface area contributed by atoms with Crippen LogP contribution in [-0.2, 0) is 11.4 Å². The van der Waals surface area contributed by atoms with Crippen LogP contribution >= 0.6 is 22.6 Å². The highest BCUT2D eigenvalue weighted by Gasteiger charge is 2.31. The zero-order valence-corrected chi connectivity index (χ0v) is 20.8. The molecule has 0 unspecified atom stereocenters. The first-order valence-electron chi connectivity index (χ1n) is 11.0. The Bertz CT molecular complexity index is 1210. The smallest absolute Gasteiger partial charge is 0.258 e. The predicted octanol–water partition coefficient (Wildman–Crippen LogP) is 6.71. The van der Waals surface area contributed by atoms with Gasteiger partial charge in [-0.2, -0.15) is 0 Å². The summed E-state index contributed by atoms with van der Waals surface area (Å²) < 4.78 is 26.7. The average molecular weight is 557 g/mol. The molecular weight excluding hydrogens is 532 g/mol. The van der Waals surface area contributed by atoms with Gasteiger partial charge in [0.15, 0.2) is 11.5 Å². The van der Waals surface area contributed by atoms with Crippen LogP contribution in [0.15, 0.2) is 60.7 Å². The Hall–Kier alpha value is -2.87. The molecule has 6 heteroatoms. The van der Waals surface area contributed by atoms with Gasteiger partial charge in [0, 0.05) is 23.2 Å². The van der Waals surface area contributed by atoms with Crippen molar-refractivity contribution < 1.29 is 18.7 Å². The Kier molecular flexibility index (Phi) is 7.33. The Balaban J connectivity index is 1.69. The molecule has 0 saturated carbocycles. The van der Waals surface area contributed by atoms with E-state index in [1.54, 1.807) is 18.2 Å². The number of fused-ring (bicyclic) bond motifs is 1. The van der Waals surface area contributed by atoms with Crippen molar-refractivity contribution in [1.82, 2.24) is 0 Å². The molecule has 0 aliphatic carbocycles. The fourth-order valence-corrected chi connectivity index (χ4v) is 4.68. The van der Waals surface area contributed by atoms with Crippen molar-refractivity contribution in [3.05, 3.63) is 86.7 Å². The van der Waals surface area contributed by atoms with Crippen molar-refractivity contribution in [2.24, 2.45) is 0 Å². The number of ether oxygens (including phenoxy) is 2. The molecule has 0 radical (unpaired) electrons. The minimum Gasteiger partial charge on any atom is -0.490 e. The number of carbonyl (C=O) groups excluding carboxylic acids is 1. The van der Waals surface area contributed by atoms with Crippen LogP contribution in [0.2, 0.25) is 0 Å². The van der Waals surface area contributed by atoms with Crippen molar-refractivity contribution in [3.8, 4) is 11.5 Å². The summed E-state index contributed by atoms with van der Waals surface area (Å²) in [5, 5.41) is 0. The van der Waals surface area contributed by atoms with Gasteiger partial charge in [0.25, 0.3) is 5.91 Å². The SMILES string of the molecule is CCCN1C(=O)/C(=C\c2cc(I)c(OCc3ccccc3F)c(OCC)c2)c2ccccc21. The molecule has 33 heavy (non-hydrogen) atoms. The van der Waals surface area contributed by atoms with Gasteiger partial charge in [-0.05, 0) is 71.8 Å². The lowest BCUT2D eigenvalue weighted by Crippen LogP contribution is -2.26. The van der Waals surface area contributed by atoms with E-state index in [0.29, 0.717) is 35.8 Å². The first kappa shape index (κ1) is 23.3. The molecule has 0 fully saturated rings. The van der Waals surface area contributed by atoms with E-state index in [1.807, 2.05) is 54.3 Å². The molecule has 0 aromatic heterocycles. The number of amides is 1. The standard InChI is InChI=1S/C27H25FINO3/c1-3-13-30-24-12-8-6-10-20(24)21(27(30)31)14-18-15-23(29)26(25(16-18)32-4-2)33-17-19-9-5-7-11-22(19)28/h5-12,14-16H,3-4,13,17H2,1-2H3/b21-14-. The molecule has 1 heterocycles. The van der Waals surface area contributed by atoms with E-state index in [2.05, 4.69) is 29.5 Å². The first-order chi connectivity index (χ1) is 16.0. The second-order valence-electron chi connectivity index (χ2n) is 7.68. The molecule has 0 saturated heterocycles. The summed E-state index contributed by atoms with van der Waals surface area (Å²) in [7, 11) is 0. The van der Waals surface area contributed by atoms with Crippen LogP contribution in [-0.4, -0.2) is 19.1 Å². The topological polar surface area (TPSA) is 38.8 Å². The molecule has 0 N–H and O–H groups in total. The second-order valence-corrected chi connectivity index (χ2v) is 8.84. The summed E-state index contributed by atoms with van der Waals surface area (Å²) in [4.78, 5) is 15.0. The lowest BCUT2D eigenvalue weighted by Gasteiger charge is -2.16. The molecule has 1 aliphatic rings. The van der Waals surface area contributed by atoms with Crippen molar-refractivity contribution >= 4 is 45.8 Å². The fourth-order valence-electron chi connectivity index (χ4n) is 3.90. The van der Waals surface area contributed by atoms with Crippen molar-refractivity contribution in [2.45, 2.75) is 26.9 Å². The van der Waals surface area contributed by atoms with Gasteiger partial charge in [0.1, 0.15) is 12.4 Å². The second kappa shape index (κ2) is 10.4. The van der Waals surface area contributed by atoms with E-state index in [0.717, 1.165) is 26.8 Å². The summed E-state index contributed by atoms with van der Waals surface area (Å²) in [6, 6.07) is 18.2. The molecular formula is C27H25FINO3. The maximum absolute atomic E-state index is 14.0. The largest absolute Gasteiger partial charge is 0.490 e. The van der Waals surface area contributed by atoms with E-state index in [9.17, 15) is 9.18 Å². The Morgan fingerprint density at radius 1 is 1.03 bits per heavy atom. The predicted molar refractivity (Wildman–Crippen MR) is 138 cm³/mol. The van der Waals surface area contributed by atoms with Crippen molar-refractivity contribution in [3.63, 3.8) is 0 Å². The molecule has 4 rings (SSSR count). The molecule has 170 valence electrons. The van der Waals surface area contributed by atoms with Crippen LogP contribution in [0.5, 0.6) is 11.5 Å². The molecule has 0 bridgehead atoms. The zero-order valence-electron chi connectivity index (χ0n) is 18.6. The summed E-state index contributed by atoms with van der Waals surface area (Å²) >= 11 is 2.19. The Morgan fingerprint density at radius 2 is 1.79 bits per heavy atom. The molecule has 0 spiro atoms. The molecule has 1 amide bonds. The van der Waals surface area contributed by atoms with Crippen LogP contribution in [0.3, 0.4) is 0 Å². The summed E-state index contributed by atoms with van der Waals surface area (Å²) in [5.74, 6) is 0.832. The molecule has 0 atom stereocenters.